The summed E-state index contributed by atoms with van der Waals surface area (Å²) in [5.41, 5.74) is 7.01. The molecule has 0 aromatic heterocycles. The van der Waals surface area contributed by atoms with Crippen molar-refractivity contribution in [2.45, 2.75) is 38.3 Å². The van der Waals surface area contributed by atoms with Gasteiger partial charge < -0.3 is 15.4 Å². The molecule has 0 spiro atoms. The molecule has 2 unspecified atom stereocenters. The monoisotopic (exact) mass is 312 g/mol. The number of carbonyl (C=O) groups is 1. The summed E-state index contributed by atoms with van der Waals surface area (Å²) in [7, 11) is 0. The van der Waals surface area contributed by atoms with Crippen LogP contribution >= 0.6 is 12.4 Å². The quantitative estimate of drug-likeness (QED) is 0.874. The molecule has 0 aliphatic carbocycles. The van der Waals surface area contributed by atoms with Crippen molar-refractivity contribution in [1.29, 1.82) is 0 Å². The largest absolute Gasteiger partial charge is 0.379 e. The first-order valence-corrected chi connectivity index (χ1v) is 7.33. The average molecular weight is 313 g/mol. The summed E-state index contributed by atoms with van der Waals surface area (Å²) in [4.78, 5) is 14.3. The van der Waals surface area contributed by atoms with Crippen molar-refractivity contribution in [2.75, 3.05) is 19.8 Å². The van der Waals surface area contributed by atoms with Gasteiger partial charge in [-0.25, -0.2) is 0 Å². The lowest BCUT2D eigenvalue weighted by molar-refractivity contribution is -0.133. The van der Waals surface area contributed by atoms with Gasteiger partial charge in [0.1, 0.15) is 0 Å². The van der Waals surface area contributed by atoms with E-state index >= 15 is 0 Å². The maximum atomic E-state index is 12.4. The summed E-state index contributed by atoms with van der Waals surface area (Å²) in [5.74, 6) is 0.145. The van der Waals surface area contributed by atoms with Gasteiger partial charge in [-0.1, -0.05) is 30.3 Å². The average Bonchev–Trinajstić information content (AvgIpc) is 2.93. The van der Waals surface area contributed by atoms with E-state index in [9.17, 15) is 4.79 Å². The van der Waals surface area contributed by atoms with E-state index in [0.717, 1.165) is 26.0 Å². The van der Waals surface area contributed by atoms with Gasteiger partial charge >= 0.3 is 0 Å². The molecule has 0 radical (unpaired) electrons. The molecule has 2 rings (SSSR count). The van der Waals surface area contributed by atoms with Crippen molar-refractivity contribution in [3.63, 3.8) is 0 Å². The number of halogens is 1. The molecule has 5 heteroatoms. The van der Waals surface area contributed by atoms with Crippen molar-refractivity contribution in [2.24, 2.45) is 5.73 Å². The molecule has 21 heavy (non-hydrogen) atoms. The standard InChI is InChI=1S/C16H24N2O2.ClH/c1-13(17)11-16(19)18(15-8-10-20-12-15)9-7-14-5-3-2-4-6-14;/h2-6,13,15H,7-12,17H2,1H3;1H. The summed E-state index contributed by atoms with van der Waals surface area (Å²) < 4.78 is 5.42. The number of benzene rings is 1. The summed E-state index contributed by atoms with van der Waals surface area (Å²) in [5, 5.41) is 0. The van der Waals surface area contributed by atoms with Gasteiger partial charge in [0.05, 0.1) is 12.6 Å². The fourth-order valence-corrected chi connectivity index (χ4v) is 2.57. The van der Waals surface area contributed by atoms with Gasteiger partial charge in [-0.15, -0.1) is 12.4 Å². The lowest BCUT2D eigenvalue weighted by Crippen LogP contribution is -2.43. The molecule has 2 atom stereocenters. The molecule has 1 aromatic carbocycles. The molecule has 2 N–H and O–H groups in total. The number of hydrogen-bond acceptors (Lipinski definition) is 3. The smallest absolute Gasteiger partial charge is 0.224 e. The van der Waals surface area contributed by atoms with E-state index in [0.29, 0.717) is 13.0 Å². The molecule has 1 amide bonds. The van der Waals surface area contributed by atoms with Gasteiger partial charge in [0.25, 0.3) is 0 Å². The number of hydrogen-bond donors (Lipinski definition) is 1. The third kappa shape index (κ3) is 5.65. The summed E-state index contributed by atoms with van der Waals surface area (Å²) >= 11 is 0. The molecular weight excluding hydrogens is 288 g/mol. The normalized spacial score (nSPS) is 18.9. The third-order valence-electron chi connectivity index (χ3n) is 3.65. The van der Waals surface area contributed by atoms with Crippen LogP contribution in [0.2, 0.25) is 0 Å². The second-order valence-electron chi connectivity index (χ2n) is 5.52. The van der Waals surface area contributed by atoms with Crippen molar-refractivity contribution in [3.05, 3.63) is 35.9 Å². The van der Waals surface area contributed by atoms with Crippen LogP contribution in [0.4, 0.5) is 0 Å². The van der Waals surface area contributed by atoms with Crippen LogP contribution in [-0.2, 0) is 16.0 Å². The number of nitrogens with two attached hydrogens (primary N) is 1. The van der Waals surface area contributed by atoms with Crippen LogP contribution in [0.3, 0.4) is 0 Å². The SMILES string of the molecule is CC(N)CC(=O)N(CCc1ccccc1)C1CCOC1.Cl. The molecule has 118 valence electrons. The minimum atomic E-state index is -0.0935. The zero-order valence-corrected chi connectivity index (χ0v) is 13.3. The van der Waals surface area contributed by atoms with Gasteiger partial charge in [0.15, 0.2) is 0 Å². The Kier molecular flexibility index (Phi) is 7.72. The van der Waals surface area contributed by atoms with E-state index in [1.54, 1.807) is 0 Å². The van der Waals surface area contributed by atoms with Gasteiger partial charge in [-0.05, 0) is 25.3 Å². The Morgan fingerprint density at radius 3 is 2.71 bits per heavy atom. The first-order valence-electron chi connectivity index (χ1n) is 7.33. The highest BCUT2D eigenvalue weighted by Gasteiger charge is 2.27. The molecule has 1 saturated heterocycles. The van der Waals surface area contributed by atoms with Crippen molar-refractivity contribution in [3.8, 4) is 0 Å². The molecule has 0 bridgehead atoms. The van der Waals surface area contributed by atoms with E-state index in [4.69, 9.17) is 10.5 Å². The topological polar surface area (TPSA) is 55.6 Å². The van der Waals surface area contributed by atoms with Crippen LogP contribution in [0.25, 0.3) is 0 Å². The summed E-state index contributed by atoms with van der Waals surface area (Å²) in [6.07, 6.45) is 2.22. The first kappa shape index (κ1) is 18.0. The zero-order chi connectivity index (χ0) is 14.4. The fourth-order valence-electron chi connectivity index (χ4n) is 2.57. The summed E-state index contributed by atoms with van der Waals surface area (Å²) in [6.45, 7) is 4.01. The molecule has 1 aliphatic rings. The maximum Gasteiger partial charge on any atom is 0.224 e. The Morgan fingerprint density at radius 2 is 2.14 bits per heavy atom. The minimum absolute atomic E-state index is 0. The predicted octanol–water partition coefficient (Wildman–Crippen LogP) is 2.01. The highest BCUT2D eigenvalue weighted by molar-refractivity contribution is 5.85. The number of nitrogens with zero attached hydrogens (tertiary/aromatic N) is 1. The summed E-state index contributed by atoms with van der Waals surface area (Å²) in [6, 6.07) is 10.4. The molecular formula is C16H25ClN2O2. The highest BCUT2D eigenvalue weighted by atomic mass is 35.5. The second-order valence-corrected chi connectivity index (χ2v) is 5.52. The maximum absolute atomic E-state index is 12.4. The third-order valence-corrected chi connectivity index (χ3v) is 3.65. The van der Waals surface area contributed by atoms with Crippen LogP contribution in [-0.4, -0.2) is 42.6 Å². The zero-order valence-electron chi connectivity index (χ0n) is 12.5. The van der Waals surface area contributed by atoms with Crippen LogP contribution in [0, 0.1) is 0 Å². The van der Waals surface area contributed by atoms with Crippen molar-refractivity contribution in [1.82, 2.24) is 4.90 Å². The Hall–Kier alpha value is -1.10. The Balaban J connectivity index is 0.00000220. The van der Waals surface area contributed by atoms with Crippen molar-refractivity contribution >= 4 is 18.3 Å². The van der Waals surface area contributed by atoms with Crippen LogP contribution in [0.1, 0.15) is 25.3 Å². The van der Waals surface area contributed by atoms with Crippen LogP contribution < -0.4 is 5.73 Å². The Labute approximate surface area is 133 Å². The molecule has 1 aliphatic heterocycles. The molecule has 4 nitrogen and oxygen atoms in total. The lowest BCUT2D eigenvalue weighted by atomic mass is 10.1. The van der Waals surface area contributed by atoms with E-state index in [-0.39, 0.29) is 30.4 Å². The Morgan fingerprint density at radius 1 is 1.43 bits per heavy atom. The second kappa shape index (κ2) is 9.03. The van der Waals surface area contributed by atoms with Crippen molar-refractivity contribution < 1.29 is 9.53 Å². The molecule has 1 heterocycles. The first-order chi connectivity index (χ1) is 9.66. The lowest BCUT2D eigenvalue weighted by Gasteiger charge is -2.29. The van der Waals surface area contributed by atoms with Gasteiger partial charge in [0, 0.05) is 25.6 Å². The van der Waals surface area contributed by atoms with E-state index < -0.39 is 0 Å². The number of amides is 1. The van der Waals surface area contributed by atoms with Gasteiger partial charge in [-0.2, -0.15) is 0 Å². The number of carbonyl (C=O) groups excluding carboxylic acids is 1. The van der Waals surface area contributed by atoms with E-state index in [1.807, 2.05) is 30.0 Å². The van der Waals surface area contributed by atoms with E-state index in [1.165, 1.54) is 5.56 Å². The van der Waals surface area contributed by atoms with E-state index in [2.05, 4.69) is 12.1 Å². The number of ether oxygens (including phenoxy) is 1. The Bertz CT molecular complexity index is 420. The minimum Gasteiger partial charge on any atom is -0.379 e. The molecule has 1 aromatic rings. The molecule has 1 fully saturated rings. The van der Waals surface area contributed by atoms with Gasteiger partial charge in [0.2, 0.25) is 5.91 Å². The number of rotatable bonds is 6. The van der Waals surface area contributed by atoms with Gasteiger partial charge in [-0.3, -0.25) is 4.79 Å². The van der Waals surface area contributed by atoms with Crippen LogP contribution in [0.5, 0.6) is 0 Å². The predicted molar refractivity (Wildman–Crippen MR) is 86.6 cm³/mol. The van der Waals surface area contributed by atoms with Crippen LogP contribution in [0.15, 0.2) is 30.3 Å². The molecule has 0 saturated carbocycles. The highest BCUT2D eigenvalue weighted by Crippen LogP contribution is 2.15. The fraction of sp³-hybridized carbons (Fsp3) is 0.562.